The summed E-state index contributed by atoms with van der Waals surface area (Å²) >= 11 is 0. The third-order valence-corrected chi connectivity index (χ3v) is 1.58. The Labute approximate surface area is 55.9 Å². The average Bonchev–Trinajstić information content (AvgIpc) is 1.82. The molecule has 0 spiro atoms. The van der Waals surface area contributed by atoms with Crippen molar-refractivity contribution in [1.29, 1.82) is 0 Å². The van der Waals surface area contributed by atoms with Gasteiger partial charge in [-0.2, -0.15) is 0 Å². The second kappa shape index (κ2) is 4.50. The number of aldehydes is 1. The maximum absolute atomic E-state index is 9.97. The van der Waals surface area contributed by atoms with Crippen molar-refractivity contribution >= 4 is 6.29 Å². The third-order valence-electron chi connectivity index (χ3n) is 1.58. The molecule has 0 aliphatic heterocycles. The highest BCUT2D eigenvalue weighted by molar-refractivity contribution is 5.49. The van der Waals surface area contributed by atoms with Crippen LogP contribution in [0.5, 0.6) is 0 Å². The van der Waals surface area contributed by atoms with Gasteiger partial charge in [0.15, 0.2) is 0 Å². The van der Waals surface area contributed by atoms with E-state index in [0.29, 0.717) is 12.3 Å². The normalized spacial score (nSPS) is 13.8. The smallest absolute Gasteiger partial charge is 0.120 e. The number of rotatable bonds is 4. The molecule has 0 radical (unpaired) electrons. The van der Waals surface area contributed by atoms with Gasteiger partial charge in [0, 0.05) is 13.0 Å². The fraction of sp³-hybridized carbons (Fsp3) is 0.857. The Morgan fingerprint density at radius 1 is 1.56 bits per heavy atom. The van der Waals surface area contributed by atoms with Crippen molar-refractivity contribution in [1.82, 2.24) is 0 Å². The van der Waals surface area contributed by atoms with Crippen LogP contribution in [0.2, 0.25) is 0 Å². The zero-order chi connectivity index (χ0) is 7.28. The summed E-state index contributed by atoms with van der Waals surface area (Å²) in [5.74, 6) is 0.558. The maximum atomic E-state index is 9.97. The van der Waals surface area contributed by atoms with E-state index in [4.69, 9.17) is 5.11 Å². The first-order chi connectivity index (χ1) is 4.22. The highest BCUT2D eigenvalue weighted by Crippen LogP contribution is 2.11. The van der Waals surface area contributed by atoms with Crippen LogP contribution in [-0.4, -0.2) is 18.0 Å². The van der Waals surface area contributed by atoms with Crippen LogP contribution in [0, 0.1) is 11.8 Å². The van der Waals surface area contributed by atoms with E-state index in [1.54, 1.807) is 0 Å². The lowest BCUT2D eigenvalue weighted by Gasteiger charge is -2.13. The molecule has 9 heavy (non-hydrogen) atoms. The van der Waals surface area contributed by atoms with Gasteiger partial charge < -0.3 is 9.90 Å². The van der Waals surface area contributed by atoms with Gasteiger partial charge >= 0.3 is 0 Å². The molecule has 0 bridgehead atoms. The van der Waals surface area contributed by atoms with E-state index in [1.165, 1.54) is 0 Å². The van der Waals surface area contributed by atoms with Gasteiger partial charge in [-0.25, -0.2) is 0 Å². The Morgan fingerprint density at radius 2 is 2.11 bits per heavy atom. The molecule has 0 aliphatic carbocycles. The average molecular weight is 130 g/mol. The van der Waals surface area contributed by atoms with Gasteiger partial charge in [-0.15, -0.1) is 0 Å². The van der Waals surface area contributed by atoms with Gasteiger partial charge in [-0.05, 0) is 11.8 Å². The standard InChI is InChI=1S/C7H14O2/c1-6(2)7(5-9)3-4-8/h4,6-7,9H,3,5H2,1-2H3. The maximum Gasteiger partial charge on any atom is 0.120 e. The molecule has 0 aromatic carbocycles. The van der Waals surface area contributed by atoms with E-state index in [0.717, 1.165) is 6.29 Å². The van der Waals surface area contributed by atoms with Gasteiger partial charge in [0.2, 0.25) is 0 Å². The molecule has 0 aliphatic rings. The van der Waals surface area contributed by atoms with Crippen LogP contribution in [0.1, 0.15) is 20.3 Å². The van der Waals surface area contributed by atoms with Crippen LogP contribution in [0.3, 0.4) is 0 Å². The summed E-state index contributed by atoms with van der Waals surface area (Å²) in [4.78, 5) is 9.97. The number of aliphatic hydroxyl groups is 1. The lowest BCUT2D eigenvalue weighted by Crippen LogP contribution is -2.13. The molecule has 0 heterocycles. The Bertz CT molecular complexity index is 79.0. The predicted octanol–water partition coefficient (Wildman–Crippen LogP) is 0.840. The summed E-state index contributed by atoms with van der Waals surface area (Å²) in [7, 11) is 0. The summed E-state index contributed by atoms with van der Waals surface area (Å²) in [6, 6.07) is 0. The molecule has 0 rings (SSSR count). The molecule has 0 fully saturated rings. The van der Waals surface area contributed by atoms with Crippen LogP contribution in [0.4, 0.5) is 0 Å². The monoisotopic (exact) mass is 130 g/mol. The van der Waals surface area contributed by atoms with Crippen LogP contribution >= 0.6 is 0 Å². The van der Waals surface area contributed by atoms with Crippen molar-refractivity contribution < 1.29 is 9.90 Å². The van der Waals surface area contributed by atoms with Crippen molar-refractivity contribution in [2.45, 2.75) is 20.3 Å². The number of aliphatic hydroxyl groups excluding tert-OH is 1. The highest BCUT2D eigenvalue weighted by Gasteiger charge is 2.09. The van der Waals surface area contributed by atoms with Crippen molar-refractivity contribution in [3.63, 3.8) is 0 Å². The number of hydrogen-bond donors (Lipinski definition) is 1. The Balaban J connectivity index is 3.53. The quantitative estimate of drug-likeness (QED) is 0.572. The molecule has 54 valence electrons. The van der Waals surface area contributed by atoms with E-state index < -0.39 is 0 Å². The van der Waals surface area contributed by atoms with Crippen molar-refractivity contribution in [3.8, 4) is 0 Å². The molecule has 1 N–H and O–H groups in total. The zero-order valence-corrected chi connectivity index (χ0v) is 6.00. The summed E-state index contributed by atoms with van der Waals surface area (Å²) in [5, 5.41) is 8.67. The Hall–Kier alpha value is -0.370. The SMILES string of the molecule is CC(C)C(CO)CC=O. The molecule has 0 amide bonds. The lowest BCUT2D eigenvalue weighted by atomic mass is 9.94. The van der Waals surface area contributed by atoms with Gasteiger partial charge in [-0.1, -0.05) is 13.8 Å². The molecule has 0 saturated carbocycles. The van der Waals surface area contributed by atoms with Crippen molar-refractivity contribution in [2.24, 2.45) is 11.8 Å². The molecule has 0 saturated heterocycles. The topological polar surface area (TPSA) is 37.3 Å². The van der Waals surface area contributed by atoms with Gasteiger partial charge in [0.1, 0.15) is 6.29 Å². The van der Waals surface area contributed by atoms with E-state index in [2.05, 4.69) is 0 Å². The molecule has 2 heteroatoms. The number of carbonyl (C=O) groups excluding carboxylic acids is 1. The summed E-state index contributed by atoms with van der Waals surface area (Å²) in [6.07, 6.45) is 1.34. The number of hydrogen-bond acceptors (Lipinski definition) is 2. The fourth-order valence-electron chi connectivity index (χ4n) is 0.681. The highest BCUT2D eigenvalue weighted by atomic mass is 16.3. The Morgan fingerprint density at radius 3 is 2.22 bits per heavy atom. The van der Waals surface area contributed by atoms with E-state index >= 15 is 0 Å². The van der Waals surface area contributed by atoms with Crippen molar-refractivity contribution in [2.75, 3.05) is 6.61 Å². The van der Waals surface area contributed by atoms with E-state index in [9.17, 15) is 4.79 Å². The molecular weight excluding hydrogens is 116 g/mol. The first-order valence-electron chi connectivity index (χ1n) is 3.26. The minimum absolute atomic E-state index is 0.121. The van der Waals surface area contributed by atoms with E-state index in [1.807, 2.05) is 13.8 Å². The second-order valence-corrected chi connectivity index (χ2v) is 2.59. The van der Waals surface area contributed by atoms with Crippen LogP contribution in [0.25, 0.3) is 0 Å². The van der Waals surface area contributed by atoms with Gasteiger partial charge in [0.25, 0.3) is 0 Å². The molecule has 2 nitrogen and oxygen atoms in total. The van der Waals surface area contributed by atoms with Crippen LogP contribution < -0.4 is 0 Å². The van der Waals surface area contributed by atoms with E-state index in [-0.39, 0.29) is 12.5 Å². The van der Waals surface area contributed by atoms with Crippen LogP contribution in [-0.2, 0) is 4.79 Å². The molecule has 0 aromatic heterocycles. The molecular formula is C7H14O2. The minimum atomic E-state index is 0.121. The summed E-state index contributed by atoms with van der Waals surface area (Å²) < 4.78 is 0. The van der Waals surface area contributed by atoms with Gasteiger partial charge in [-0.3, -0.25) is 0 Å². The molecule has 0 aromatic rings. The second-order valence-electron chi connectivity index (χ2n) is 2.59. The Kier molecular flexibility index (Phi) is 4.32. The summed E-state index contributed by atoms with van der Waals surface area (Å²) in [5.41, 5.74) is 0. The zero-order valence-electron chi connectivity index (χ0n) is 6.00. The first kappa shape index (κ1) is 8.63. The lowest BCUT2D eigenvalue weighted by molar-refractivity contribution is -0.109. The minimum Gasteiger partial charge on any atom is -0.396 e. The first-order valence-corrected chi connectivity index (χ1v) is 3.26. The largest absolute Gasteiger partial charge is 0.396 e. The fourth-order valence-corrected chi connectivity index (χ4v) is 0.681. The van der Waals surface area contributed by atoms with Crippen LogP contribution in [0.15, 0.2) is 0 Å². The molecule has 1 unspecified atom stereocenters. The predicted molar refractivity (Wildman–Crippen MR) is 36.1 cm³/mol. The van der Waals surface area contributed by atoms with Crippen molar-refractivity contribution in [3.05, 3.63) is 0 Å². The third kappa shape index (κ3) is 3.25. The summed E-state index contributed by atoms with van der Waals surface area (Å²) in [6.45, 7) is 4.13. The van der Waals surface area contributed by atoms with Gasteiger partial charge in [0.05, 0.1) is 0 Å². The molecule has 1 atom stereocenters. The number of carbonyl (C=O) groups is 1.